The van der Waals surface area contributed by atoms with Crippen molar-refractivity contribution < 1.29 is 4.74 Å². The Balaban J connectivity index is 2.35. The van der Waals surface area contributed by atoms with Crippen LogP contribution in [-0.2, 0) is 4.74 Å². The van der Waals surface area contributed by atoms with Crippen molar-refractivity contribution >= 4 is 0 Å². The van der Waals surface area contributed by atoms with E-state index in [1.807, 2.05) is 0 Å². The summed E-state index contributed by atoms with van der Waals surface area (Å²) in [6.45, 7) is 11.3. The van der Waals surface area contributed by atoms with Crippen molar-refractivity contribution in [1.29, 1.82) is 0 Å². The predicted molar refractivity (Wildman–Crippen MR) is 68.8 cm³/mol. The molecule has 0 bridgehead atoms. The van der Waals surface area contributed by atoms with Gasteiger partial charge in [0.2, 0.25) is 0 Å². The largest absolute Gasteiger partial charge is 0.385 e. The van der Waals surface area contributed by atoms with Gasteiger partial charge < -0.3 is 10.1 Å². The molecule has 0 spiro atoms. The molecule has 0 aromatic heterocycles. The molecule has 3 heteroatoms. The summed E-state index contributed by atoms with van der Waals surface area (Å²) in [7, 11) is 1.78. The van der Waals surface area contributed by atoms with Crippen LogP contribution in [0.2, 0.25) is 0 Å². The molecule has 0 saturated carbocycles. The van der Waals surface area contributed by atoms with Gasteiger partial charge in [-0.2, -0.15) is 0 Å². The SMILES string of the molecule is CCC(C)C1CN(CCCOC)C(C)CN1. The number of hydrogen-bond acceptors (Lipinski definition) is 3. The van der Waals surface area contributed by atoms with Crippen LogP contribution < -0.4 is 5.32 Å². The van der Waals surface area contributed by atoms with Gasteiger partial charge in [-0.05, 0) is 19.3 Å². The van der Waals surface area contributed by atoms with Gasteiger partial charge in [0.05, 0.1) is 0 Å². The third-order valence-corrected chi connectivity index (χ3v) is 3.85. The smallest absolute Gasteiger partial charge is 0.0474 e. The van der Waals surface area contributed by atoms with Crippen LogP contribution in [0.5, 0.6) is 0 Å². The Hall–Kier alpha value is -0.120. The molecule has 1 N–H and O–H groups in total. The van der Waals surface area contributed by atoms with Crippen molar-refractivity contribution in [1.82, 2.24) is 10.2 Å². The summed E-state index contributed by atoms with van der Waals surface area (Å²) < 4.78 is 5.12. The Morgan fingerprint density at radius 3 is 2.88 bits per heavy atom. The van der Waals surface area contributed by atoms with Gasteiger partial charge in [0.1, 0.15) is 0 Å². The summed E-state index contributed by atoms with van der Waals surface area (Å²) in [5.74, 6) is 0.775. The van der Waals surface area contributed by atoms with E-state index >= 15 is 0 Å². The van der Waals surface area contributed by atoms with Crippen LogP contribution in [0, 0.1) is 5.92 Å². The van der Waals surface area contributed by atoms with E-state index in [-0.39, 0.29) is 0 Å². The van der Waals surface area contributed by atoms with Crippen molar-refractivity contribution in [2.45, 2.75) is 45.7 Å². The van der Waals surface area contributed by atoms with Gasteiger partial charge in [0, 0.05) is 45.4 Å². The Labute approximate surface area is 101 Å². The van der Waals surface area contributed by atoms with Crippen LogP contribution in [0.15, 0.2) is 0 Å². The minimum Gasteiger partial charge on any atom is -0.385 e. The fourth-order valence-electron chi connectivity index (χ4n) is 2.34. The van der Waals surface area contributed by atoms with Crippen LogP contribution in [0.1, 0.15) is 33.6 Å². The van der Waals surface area contributed by atoms with E-state index < -0.39 is 0 Å². The quantitative estimate of drug-likeness (QED) is 0.701. The normalized spacial score (nSPS) is 29.2. The third kappa shape index (κ3) is 4.04. The average Bonchev–Trinajstić information content (AvgIpc) is 2.31. The first-order valence-electron chi connectivity index (χ1n) is 6.65. The molecule has 3 atom stereocenters. The number of ether oxygens (including phenoxy) is 1. The third-order valence-electron chi connectivity index (χ3n) is 3.85. The summed E-state index contributed by atoms with van der Waals surface area (Å²) in [5, 5.41) is 3.67. The lowest BCUT2D eigenvalue weighted by Gasteiger charge is -2.41. The lowest BCUT2D eigenvalue weighted by Crippen LogP contribution is -2.57. The number of rotatable bonds is 6. The summed E-state index contributed by atoms with van der Waals surface area (Å²) in [6.07, 6.45) is 2.41. The van der Waals surface area contributed by atoms with E-state index in [0.717, 1.165) is 25.5 Å². The number of nitrogens with zero attached hydrogens (tertiary/aromatic N) is 1. The Morgan fingerprint density at radius 1 is 1.50 bits per heavy atom. The van der Waals surface area contributed by atoms with Gasteiger partial charge in [-0.3, -0.25) is 4.90 Å². The van der Waals surface area contributed by atoms with Crippen molar-refractivity contribution in [3.8, 4) is 0 Å². The van der Waals surface area contributed by atoms with E-state index in [4.69, 9.17) is 4.74 Å². The second-order valence-electron chi connectivity index (χ2n) is 5.09. The Morgan fingerprint density at radius 2 is 2.25 bits per heavy atom. The predicted octanol–water partition coefficient (Wildman–Crippen LogP) is 1.73. The number of hydrogen-bond donors (Lipinski definition) is 1. The molecule has 1 aliphatic rings. The van der Waals surface area contributed by atoms with Gasteiger partial charge in [-0.25, -0.2) is 0 Å². The molecule has 16 heavy (non-hydrogen) atoms. The molecule has 1 fully saturated rings. The standard InChI is InChI=1S/C13H28N2O/c1-5-11(2)13-10-15(7-6-8-16-4)12(3)9-14-13/h11-14H,5-10H2,1-4H3. The van der Waals surface area contributed by atoms with E-state index in [9.17, 15) is 0 Å². The maximum absolute atomic E-state index is 5.12. The monoisotopic (exact) mass is 228 g/mol. The highest BCUT2D eigenvalue weighted by molar-refractivity contribution is 4.86. The van der Waals surface area contributed by atoms with Gasteiger partial charge in [0.25, 0.3) is 0 Å². The molecule has 0 aliphatic carbocycles. The van der Waals surface area contributed by atoms with Gasteiger partial charge >= 0.3 is 0 Å². The first-order chi connectivity index (χ1) is 7.69. The molecule has 96 valence electrons. The molecule has 0 radical (unpaired) electrons. The molecular weight excluding hydrogens is 200 g/mol. The van der Waals surface area contributed by atoms with Crippen LogP contribution >= 0.6 is 0 Å². The fourth-order valence-corrected chi connectivity index (χ4v) is 2.34. The highest BCUT2D eigenvalue weighted by Crippen LogP contribution is 2.15. The molecule has 0 aromatic rings. The second-order valence-corrected chi connectivity index (χ2v) is 5.09. The van der Waals surface area contributed by atoms with E-state index in [1.165, 1.54) is 19.5 Å². The molecule has 3 nitrogen and oxygen atoms in total. The molecular formula is C13H28N2O. The molecule has 0 amide bonds. The van der Waals surface area contributed by atoms with Crippen LogP contribution in [0.3, 0.4) is 0 Å². The van der Waals surface area contributed by atoms with Crippen molar-refractivity contribution in [2.75, 3.05) is 33.4 Å². The lowest BCUT2D eigenvalue weighted by atomic mass is 9.95. The zero-order chi connectivity index (χ0) is 12.0. The van der Waals surface area contributed by atoms with E-state index in [0.29, 0.717) is 12.1 Å². The number of nitrogens with one attached hydrogen (secondary N) is 1. The zero-order valence-corrected chi connectivity index (χ0v) is 11.3. The maximum Gasteiger partial charge on any atom is 0.0474 e. The van der Waals surface area contributed by atoms with Gasteiger partial charge in [-0.15, -0.1) is 0 Å². The molecule has 1 aliphatic heterocycles. The first kappa shape index (κ1) is 13.9. The van der Waals surface area contributed by atoms with E-state index in [1.54, 1.807) is 7.11 Å². The maximum atomic E-state index is 5.12. The number of methoxy groups -OCH3 is 1. The molecule has 3 unspecified atom stereocenters. The van der Waals surface area contributed by atoms with Gasteiger partial charge in [0.15, 0.2) is 0 Å². The van der Waals surface area contributed by atoms with Crippen molar-refractivity contribution in [3.05, 3.63) is 0 Å². The van der Waals surface area contributed by atoms with Crippen LogP contribution in [0.4, 0.5) is 0 Å². The topological polar surface area (TPSA) is 24.5 Å². The Kier molecular flexibility index (Phi) is 6.32. The molecule has 0 aromatic carbocycles. The number of piperazine rings is 1. The van der Waals surface area contributed by atoms with Gasteiger partial charge in [-0.1, -0.05) is 20.3 Å². The minimum atomic E-state index is 0.664. The second kappa shape index (κ2) is 7.25. The van der Waals surface area contributed by atoms with Crippen LogP contribution in [-0.4, -0.2) is 50.3 Å². The molecule has 1 rings (SSSR count). The first-order valence-corrected chi connectivity index (χ1v) is 6.65. The minimum absolute atomic E-state index is 0.664. The highest BCUT2D eigenvalue weighted by Gasteiger charge is 2.26. The van der Waals surface area contributed by atoms with Crippen LogP contribution in [0.25, 0.3) is 0 Å². The average molecular weight is 228 g/mol. The lowest BCUT2D eigenvalue weighted by molar-refractivity contribution is 0.102. The van der Waals surface area contributed by atoms with E-state index in [2.05, 4.69) is 31.0 Å². The van der Waals surface area contributed by atoms with Crippen molar-refractivity contribution in [2.24, 2.45) is 5.92 Å². The molecule has 1 heterocycles. The highest BCUT2D eigenvalue weighted by atomic mass is 16.5. The summed E-state index contributed by atoms with van der Waals surface area (Å²) in [4.78, 5) is 2.60. The summed E-state index contributed by atoms with van der Waals surface area (Å²) >= 11 is 0. The zero-order valence-electron chi connectivity index (χ0n) is 11.3. The summed E-state index contributed by atoms with van der Waals surface area (Å²) in [5.41, 5.74) is 0. The molecule has 1 saturated heterocycles. The summed E-state index contributed by atoms with van der Waals surface area (Å²) in [6, 6.07) is 1.33. The van der Waals surface area contributed by atoms with Crippen molar-refractivity contribution in [3.63, 3.8) is 0 Å². The Bertz CT molecular complexity index is 187. The fraction of sp³-hybridized carbons (Fsp3) is 1.00.